The van der Waals surface area contributed by atoms with Gasteiger partial charge in [0.05, 0.1) is 6.61 Å². The van der Waals surface area contributed by atoms with Gasteiger partial charge in [-0.25, -0.2) is 9.59 Å². The molecule has 1 aliphatic rings. The van der Waals surface area contributed by atoms with Gasteiger partial charge in [-0.1, -0.05) is 13.8 Å². The maximum absolute atomic E-state index is 11.9. The van der Waals surface area contributed by atoms with Gasteiger partial charge in [-0.2, -0.15) is 11.8 Å². The number of nitrogens with zero attached hydrogens (tertiary/aromatic N) is 1. The monoisotopic (exact) mass is 276 g/mol. The zero-order valence-electron chi connectivity index (χ0n) is 10.7. The van der Waals surface area contributed by atoms with Gasteiger partial charge < -0.3 is 20.4 Å². The number of carbonyl (C=O) groups excluding carboxylic acids is 1. The lowest BCUT2D eigenvalue weighted by atomic mass is 10.1. The van der Waals surface area contributed by atoms with Crippen molar-refractivity contribution in [1.82, 2.24) is 10.2 Å². The van der Waals surface area contributed by atoms with Crippen molar-refractivity contribution in [3.8, 4) is 0 Å². The van der Waals surface area contributed by atoms with E-state index in [0.29, 0.717) is 13.1 Å². The molecule has 18 heavy (non-hydrogen) atoms. The molecule has 0 aromatic carbocycles. The number of aliphatic carboxylic acids is 1. The normalized spacial score (nSPS) is 20.9. The highest BCUT2D eigenvalue weighted by atomic mass is 32.2. The van der Waals surface area contributed by atoms with Crippen LogP contribution in [-0.4, -0.2) is 63.4 Å². The van der Waals surface area contributed by atoms with Crippen LogP contribution in [0.25, 0.3) is 0 Å². The summed E-state index contributed by atoms with van der Waals surface area (Å²) in [5, 5.41) is 19.9. The fourth-order valence-electron chi connectivity index (χ4n) is 1.65. The fourth-order valence-corrected chi connectivity index (χ4v) is 2.75. The summed E-state index contributed by atoms with van der Waals surface area (Å²) in [5.74, 6) is -0.396. The molecule has 0 radical (unpaired) electrons. The van der Waals surface area contributed by atoms with Crippen LogP contribution in [-0.2, 0) is 4.79 Å². The first-order chi connectivity index (χ1) is 8.35. The highest BCUT2D eigenvalue weighted by Crippen LogP contribution is 2.30. The van der Waals surface area contributed by atoms with E-state index in [1.54, 1.807) is 16.7 Å². The summed E-state index contributed by atoms with van der Waals surface area (Å²) < 4.78 is 0.137. The van der Waals surface area contributed by atoms with Gasteiger partial charge in [0, 0.05) is 23.6 Å². The Hall–Kier alpha value is -0.950. The van der Waals surface area contributed by atoms with E-state index < -0.39 is 24.6 Å². The Morgan fingerprint density at radius 1 is 1.44 bits per heavy atom. The van der Waals surface area contributed by atoms with Gasteiger partial charge in [0.15, 0.2) is 6.04 Å². The van der Waals surface area contributed by atoms with Crippen molar-refractivity contribution >= 4 is 23.8 Å². The van der Waals surface area contributed by atoms with E-state index in [-0.39, 0.29) is 4.75 Å². The average molecular weight is 276 g/mol. The molecule has 0 aliphatic carbocycles. The minimum atomic E-state index is -1.23. The summed E-state index contributed by atoms with van der Waals surface area (Å²) in [7, 11) is 0. The number of thioether (sulfide) groups is 1. The molecular weight excluding hydrogens is 256 g/mol. The largest absolute Gasteiger partial charge is 0.480 e. The quantitative estimate of drug-likeness (QED) is 0.692. The van der Waals surface area contributed by atoms with Gasteiger partial charge in [-0.15, -0.1) is 0 Å². The lowest BCUT2D eigenvalue weighted by molar-refractivity contribution is -0.140. The van der Waals surface area contributed by atoms with Crippen LogP contribution >= 0.6 is 11.8 Å². The number of rotatable bonds is 3. The van der Waals surface area contributed by atoms with Gasteiger partial charge in [-0.3, -0.25) is 0 Å². The number of amides is 2. The van der Waals surface area contributed by atoms with Crippen LogP contribution < -0.4 is 5.32 Å². The van der Waals surface area contributed by atoms with E-state index >= 15 is 0 Å². The highest BCUT2D eigenvalue weighted by molar-refractivity contribution is 8.00. The summed E-state index contributed by atoms with van der Waals surface area (Å²) in [6.45, 7) is 4.86. The fraction of sp³-hybridized carbons (Fsp3) is 0.818. The van der Waals surface area contributed by atoms with Crippen LogP contribution in [0.1, 0.15) is 20.3 Å². The molecule has 7 heteroatoms. The third-order valence-electron chi connectivity index (χ3n) is 2.90. The van der Waals surface area contributed by atoms with Gasteiger partial charge in [0.2, 0.25) is 0 Å². The molecule has 2 amide bonds. The van der Waals surface area contributed by atoms with Gasteiger partial charge >= 0.3 is 12.0 Å². The van der Waals surface area contributed by atoms with Crippen LogP contribution in [0.5, 0.6) is 0 Å². The number of urea groups is 1. The van der Waals surface area contributed by atoms with Crippen molar-refractivity contribution in [3.05, 3.63) is 0 Å². The van der Waals surface area contributed by atoms with Crippen molar-refractivity contribution in [1.29, 1.82) is 0 Å². The van der Waals surface area contributed by atoms with Crippen molar-refractivity contribution < 1.29 is 19.8 Å². The van der Waals surface area contributed by atoms with Crippen molar-refractivity contribution in [2.24, 2.45) is 0 Å². The molecular formula is C11H20N2O4S. The first kappa shape index (κ1) is 15.1. The number of hydrogen-bond acceptors (Lipinski definition) is 4. The van der Waals surface area contributed by atoms with Crippen LogP contribution in [0.3, 0.4) is 0 Å². The third-order valence-corrected chi connectivity index (χ3v) is 4.28. The van der Waals surface area contributed by atoms with Crippen molar-refractivity contribution in [3.63, 3.8) is 0 Å². The van der Waals surface area contributed by atoms with E-state index in [4.69, 9.17) is 10.2 Å². The van der Waals surface area contributed by atoms with Gasteiger partial charge in [0.25, 0.3) is 0 Å². The van der Waals surface area contributed by atoms with Crippen LogP contribution in [0.4, 0.5) is 4.79 Å². The third kappa shape index (κ3) is 4.38. The minimum absolute atomic E-state index is 0.137. The molecule has 0 aromatic heterocycles. The molecule has 1 rings (SSSR count). The summed E-state index contributed by atoms with van der Waals surface area (Å²) >= 11 is 1.81. The Labute approximate surface area is 111 Å². The smallest absolute Gasteiger partial charge is 0.328 e. The standard InChI is InChI=1S/C11H20N2O4S/c1-11(2)3-4-13(5-6-18-11)10(17)12-8(7-14)9(15)16/h8,14H,3-7H2,1-2H3,(H,12,17)(H,15,16)/t8-/m1/s1. The topological polar surface area (TPSA) is 89.9 Å². The molecule has 0 saturated carbocycles. The minimum Gasteiger partial charge on any atom is -0.480 e. The molecule has 0 spiro atoms. The van der Waals surface area contributed by atoms with E-state index in [1.165, 1.54) is 0 Å². The molecule has 1 aliphatic heterocycles. The zero-order chi connectivity index (χ0) is 13.8. The Morgan fingerprint density at radius 3 is 2.67 bits per heavy atom. The molecule has 1 saturated heterocycles. The number of carbonyl (C=O) groups is 2. The summed E-state index contributed by atoms with van der Waals surface area (Å²) in [6.07, 6.45) is 0.863. The Balaban J connectivity index is 2.54. The number of aliphatic hydroxyl groups excluding tert-OH is 1. The molecule has 104 valence electrons. The molecule has 1 heterocycles. The maximum Gasteiger partial charge on any atom is 0.328 e. The number of carboxylic acid groups (broad SMARTS) is 1. The summed E-state index contributed by atoms with van der Waals surface area (Å²) in [6, 6.07) is -1.66. The Kier molecular flexibility index (Phi) is 5.28. The van der Waals surface area contributed by atoms with Crippen molar-refractivity contribution in [2.45, 2.75) is 31.1 Å². The maximum atomic E-state index is 11.9. The molecule has 1 atom stereocenters. The summed E-state index contributed by atoms with van der Waals surface area (Å²) in [4.78, 5) is 24.2. The molecule has 0 bridgehead atoms. The number of hydrogen-bond donors (Lipinski definition) is 3. The average Bonchev–Trinajstić information content (AvgIpc) is 2.46. The number of nitrogens with one attached hydrogen (secondary N) is 1. The molecule has 3 N–H and O–H groups in total. The van der Waals surface area contributed by atoms with E-state index in [2.05, 4.69) is 19.2 Å². The van der Waals surface area contributed by atoms with E-state index in [1.807, 2.05) is 0 Å². The first-order valence-corrected chi connectivity index (χ1v) is 6.87. The summed E-state index contributed by atoms with van der Waals surface area (Å²) in [5.41, 5.74) is 0. The second-order valence-electron chi connectivity index (χ2n) is 4.87. The first-order valence-electron chi connectivity index (χ1n) is 5.89. The van der Waals surface area contributed by atoms with Crippen LogP contribution in [0.2, 0.25) is 0 Å². The Morgan fingerprint density at radius 2 is 2.11 bits per heavy atom. The lowest BCUT2D eigenvalue weighted by Crippen LogP contribution is -2.50. The van der Waals surface area contributed by atoms with E-state index in [9.17, 15) is 9.59 Å². The SMILES string of the molecule is CC1(C)CCN(C(=O)N[C@H](CO)C(=O)O)CCS1. The number of aliphatic hydroxyl groups is 1. The Bertz CT molecular complexity index is 322. The highest BCUT2D eigenvalue weighted by Gasteiger charge is 2.28. The molecule has 1 fully saturated rings. The molecule has 0 aromatic rings. The lowest BCUT2D eigenvalue weighted by Gasteiger charge is -2.24. The van der Waals surface area contributed by atoms with Gasteiger partial charge in [-0.05, 0) is 6.42 Å². The van der Waals surface area contributed by atoms with E-state index in [0.717, 1.165) is 12.2 Å². The molecule has 6 nitrogen and oxygen atoms in total. The van der Waals surface area contributed by atoms with Gasteiger partial charge in [0.1, 0.15) is 0 Å². The second-order valence-corrected chi connectivity index (χ2v) is 6.67. The van der Waals surface area contributed by atoms with Crippen molar-refractivity contribution in [2.75, 3.05) is 25.4 Å². The second kappa shape index (κ2) is 6.29. The predicted molar refractivity (Wildman–Crippen MR) is 69.8 cm³/mol. The van der Waals surface area contributed by atoms with Crippen LogP contribution in [0.15, 0.2) is 0 Å². The molecule has 0 unspecified atom stereocenters. The zero-order valence-corrected chi connectivity index (χ0v) is 11.5. The predicted octanol–water partition coefficient (Wildman–Crippen LogP) is 0.359. The van der Waals surface area contributed by atoms with Crippen LogP contribution in [0, 0.1) is 0 Å². The number of carboxylic acids is 1.